The van der Waals surface area contributed by atoms with Gasteiger partial charge in [-0.2, -0.15) is 5.21 Å². The van der Waals surface area contributed by atoms with Gasteiger partial charge in [-0.25, -0.2) is 4.79 Å². The summed E-state index contributed by atoms with van der Waals surface area (Å²) >= 11 is 0. The van der Waals surface area contributed by atoms with Crippen LogP contribution in [0.1, 0.15) is 28.8 Å². The highest BCUT2D eigenvalue weighted by atomic mass is 16.6. The van der Waals surface area contributed by atoms with E-state index in [1.165, 1.54) is 18.1 Å². The zero-order valence-corrected chi connectivity index (χ0v) is 24.1. The minimum atomic E-state index is -0.964. The Bertz CT molecular complexity index is 1720. The molecule has 1 saturated heterocycles. The molecule has 2 aliphatic heterocycles. The monoisotopic (exact) mass is 604 g/mol. The normalized spacial score (nSPS) is 15.2. The molecule has 0 atom stereocenters. The van der Waals surface area contributed by atoms with Crippen LogP contribution in [-0.4, -0.2) is 98.1 Å². The molecule has 2 amide bonds. The first-order chi connectivity index (χ1) is 21.4. The number of hydrogen-bond acceptors (Lipinski definition) is 10. The third-order valence-electron chi connectivity index (χ3n) is 7.98. The second-order valence-corrected chi connectivity index (χ2v) is 10.6. The van der Waals surface area contributed by atoms with Gasteiger partial charge < -0.3 is 33.7 Å². The Morgan fingerprint density at radius 2 is 1.89 bits per heavy atom. The number of amides is 2. The number of H-pyrrole nitrogens is 1. The molecule has 2 aromatic heterocycles. The zero-order chi connectivity index (χ0) is 30.6. The number of likely N-dealkylation sites (tertiary alicyclic amines) is 1. The molecule has 2 aliphatic rings. The predicted molar refractivity (Wildman–Crippen MR) is 157 cm³/mol. The van der Waals surface area contributed by atoms with Crippen molar-refractivity contribution < 1.29 is 28.9 Å². The van der Waals surface area contributed by atoms with Crippen molar-refractivity contribution in [2.24, 2.45) is 0 Å². The molecule has 15 nitrogen and oxygen atoms in total. The van der Waals surface area contributed by atoms with E-state index in [1.807, 2.05) is 18.2 Å². The molecule has 0 aliphatic carbocycles. The van der Waals surface area contributed by atoms with E-state index in [2.05, 4.69) is 30.8 Å². The lowest BCUT2D eigenvalue weighted by molar-refractivity contribution is 0.0855. The maximum Gasteiger partial charge on any atom is 0.407 e. The van der Waals surface area contributed by atoms with Crippen molar-refractivity contribution in [3.05, 3.63) is 63.9 Å². The number of carboxylic acid groups (broad SMARTS) is 1. The molecule has 15 heteroatoms. The first kappa shape index (κ1) is 28.9. The number of nitrogens with one attached hydrogen (secondary N) is 2. The number of carbonyl (C=O) groups is 2. The Hall–Kier alpha value is -5.18. The summed E-state index contributed by atoms with van der Waals surface area (Å²) in [5.41, 5.74) is 1.24. The van der Waals surface area contributed by atoms with Gasteiger partial charge in [-0.15, -0.1) is 5.10 Å². The van der Waals surface area contributed by atoms with Crippen LogP contribution in [0, 0.1) is 0 Å². The molecule has 0 saturated carbocycles. The molecule has 1 fully saturated rings. The van der Waals surface area contributed by atoms with Gasteiger partial charge >= 0.3 is 6.09 Å². The number of methoxy groups -OCH3 is 1. The third-order valence-corrected chi connectivity index (χ3v) is 7.98. The second kappa shape index (κ2) is 12.6. The number of piperidine rings is 1. The fourth-order valence-electron chi connectivity index (χ4n) is 5.72. The van der Waals surface area contributed by atoms with Gasteiger partial charge in [0.15, 0.2) is 11.5 Å². The van der Waals surface area contributed by atoms with Gasteiger partial charge in [0, 0.05) is 56.3 Å². The van der Waals surface area contributed by atoms with Gasteiger partial charge in [0.1, 0.15) is 19.0 Å². The highest BCUT2D eigenvalue weighted by molar-refractivity contribution is 6.11. The Kier molecular flexibility index (Phi) is 8.27. The maximum absolute atomic E-state index is 13.3. The van der Waals surface area contributed by atoms with Crippen LogP contribution in [0.2, 0.25) is 0 Å². The Morgan fingerprint density at radius 3 is 2.61 bits per heavy atom. The van der Waals surface area contributed by atoms with Crippen molar-refractivity contribution >= 4 is 28.9 Å². The lowest BCUT2D eigenvalue weighted by Crippen LogP contribution is -2.47. The molecule has 0 spiro atoms. The molecular weight excluding hydrogens is 572 g/mol. The molecule has 44 heavy (non-hydrogen) atoms. The number of nitrogens with zero attached hydrogens (tertiary/aromatic N) is 6. The average molecular weight is 605 g/mol. The fraction of sp³-hybridized carbons (Fsp3) is 0.379. The van der Waals surface area contributed by atoms with Crippen LogP contribution in [0.4, 0.5) is 10.7 Å². The Balaban J connectivity index is 1.13. The number of anilines is 1. The Morgan fingerprint density at radius 1 is 1.09 bits per heavy atom. The molecule has 0 bridgehead atoms. The van der Waals surface area contributed by atoms with Crippen molar-refractivity contribution in [1.29, 1.82) is 0 Å². The van der Waals surface area contributed by atoms with Crippen molar-refractivity contribution in [1.82, 2.24) is 35.0 Å². The summed E-state index contributed by atoms with van der Waals surface area (Å²) in [6.45, 7) is 3.52. The fourth-order valence-corrected chi connectivity index (χ4v) is 5.72. The summed E-state index contributed by atoms with van der Waals surface area (Å²) in [6.07, 6.45) is 0.360. The summed E-state index contributed by atoms with van der Waals surface area (Å²) in [7, 11) is 1.54. The molecule has 4 heterocycles. The van der Waals surface area contributed by atoms with Gasteiger partial charge in [0.05, 0.1) is 18.2 Å². The highest BCUT2D eigenvalue weighted by Crippen LogP contribution is 2.32. The lowest BCUT2D eigenvalue weighted by atomic mass is 10.0. The first-order valence-electron chi connectivity index (χ1n) is 14.3. The number of ether oxygens (including phenoxy) is 3. The van der Waals surface area contributed by atoms with Crippen molar-refractivity contribution in [2.45, 2.75) is 32.0 Å². The molecule has 3 N–H and O–H groups in total. The third kappa shape index (κ3) is 6.13. The van der Waals surface area contributed by atoms with E-state index >= 15 is 0 Å². The minimum Gasteiger partial charge on any atom is -0.497 e. The van der Waals surface area contributed by atoms with E-state index in [9.17, 15) is 19.5 Å². The molecular formula is C29H32N8O7. The number of benzene rings is 2. The summed E-state index contributed by atoms with van der Waals surface area (Å²) in [5.74, 6) is 1.32. The van der Waals surface area contributed by atoms with Gasteiger partial charge in [0.25, 0.3) is 17.4 Å². The largest absolute Gasteiger partial charge is 0.497 e. The lowest BCUT2D eigenvalue weighted by Gasteiger charge is -2.37. The maximum atomic E-state index is 13.3. The summed E-state index contributed by atoms with van der Waals surface area (Å²) in [6, 6.07) is 11.9. The van der Waals surface area contributed by atoms with Gasteiger partial charge in [-0.1, -0.05) is 11.2 Å². The first-order valence-corrected chi connectivity index (χ1v) is 14.3. The van der Waals surface area contributed by atoms with E-state index < -0.39 is 12.0 Å². The zero-order valence-electron chi connectivity index (χ0n) is 24.1. The number of tetrazole rings is 1. The second-order valence-electron chi connectivity index (χ2n) is 10.6. The highest BCUT2D eigenvalue weighted by Gasteiger charge is 2.28. The van der Waals surface area contributed by atoms with E-state index in [4.69, 9.17) is 14.2 Å². The van der Waals surface area contributed by atoms with Crippen molar-refractivity contribution in [3.8, 4) is 17.2 Å². The van der Waals surface area contributed by atoms with Crippen LogP contribution in [0.5, 0.6) is 17.2 Å². The number of aromatic nitrogens is 5. The van der Waals surface area contributed by atoms with Crippen molar-refractivity contribution in [3.63, 3.8) is 0 Å². The number of aromatic amines is 1. The van der Waals surface area contributed by atoms with Crippen molar-refractivity contribution in [2.75, 3.05) is 45.3 Å². The molecule has 2 aromatic carbocycles. The Labute approximate surface area is 251 Å². The average Bonchev–Trinajstić information content (AvgIpc) is 3.55. The van der Waals surface area contributed by atoms with E-state index in [0.29, 0.717) is 80.4 Å². The van der Waals surface area contributed by atoms with Gasteiger partial charge in [-0.05, 0) is 47.9 Å². The molecule has 0 radical (unpaired) electrons. The number of carbonyl (C=O) groups excluding carboxylic acids is 1. The topological polar surface area (TPSA) is 177 Å². The predicted octanol–water partition coefficient (Wildman–Crippen LogP) is 2.19. The summed E-state index contributed by atoms with van der Waals surface area (Å²) in [4.78, 5) is 42.2. The van der Waals surface area contributed by atoms with E-state index in [-0.39, 0.29) is 29.7 Å². The van der Waals surface area contributed by atoms with E-state index in [0.717, 1.165) is 5.56 Å². The van der Waals surface area contributed by atoms with Gasteiger partial charge in [-0.3, -0.25) is 14.9 Å². The van der Waals surface area contributed by atoms with Crippen LogP contribution in [0.3, 0.4) is 0 Å². The summed E-state index contributed by atoms with van der Waals surface area (Å²) in [5, 5.41) is 26.3. The molecule has 6 rings (SSSR count). The minimum absolute atomic E-state index is 0.00277. The molecule has 230 valence electrons. The summed E-state index contributed by atoms with van der Waals surface area (Å²) < 4.78 is 18.3. The SMILES string of the molecule is COc1ccc2c(C(=O)Nc3nn[nH]n3)cc(=O)n(CCN3CCC(N(Cc4ccc5c(c4)OCCO5)C(=O)O)CC3)c2c1. The van der Waals surface area contributed by atoms with Crippen LogP contribution >= 0.6 is 0 Å². The van der Waals surface area contributed by atoms with Gasteiger partial charge in [0.2, 0.25) is 0 Å². The van der Waals surface area contributed by atoms with Crippen LogP contribution in [0.25, 0.3) is 10.9 Å². The number of fused-ring (bicyclic) bond motifs is 2. The van der Waals surface area contributed by atoms with Crippen LogP contribution < -0.4 is 25.1 Å². The van der Waals surface area contributed by atoms with Crippen LogP contribution in [-0.2, 0) is 13.1 Å². The number of hydrogen-bond donors (Lipinski definition) is 3. The van der Waals surface area contributed by atoms with E-state index in [1.54, 1.807) is 22.8 Å². The number of rotatable bonds is 9. The standard InChI is InChI=1S/C29H32N8O7/c1-42-20-3-4-21-22(27(39)30-28-31-33-34-32-28)16-26(38)36(23(21)15-20)11-10-35-8-6-19(7-9-35)37(29(40)41)17-18-2-5-24-25(14-18)44-13-12-43-24/h2-5,14-16,19H,6-13,17H2,1H3,(H,40,41)(H2,30,31,32,33,34,39). The quantitative estimate of drug-likeness (QED) is 0.255. The molecule has 0 unspecified atom stereocenters. The van der Waals surface area contributed by atoms with Crippen LogP contribution in [0.15, 0.2) is 47.3 Å². The number of pyridine rings is 1. The smallest absolute Gasteiger partial charge is 0.407 e. The molecule has 4 aromatic rings.